The van der Waals surface area contributed by atoms with E-state index in [2.05, 4.69) is 10.1 Å². The first-order valence-electron chi connectivity index (χ1n) is 11.6. The first-order chi connectivity index (χ1) is 17.1. The lowest BCUT2D eigenvalue weighted by Gasteiger charge is -2.24. The second-order valence-corrected chi connectivity index (χ2v) is 10.1. The topological polar surface area (TPSA) is 147 Å². The van der Waals surface area contributed by atoms with Crippen molar-refractivity contribution in [1.29, 1.82) is 0 Å². The van der Waals surface area contributed by atoms with Gasteiger partial charge in [0.25, 0.3) is 5.56 Å². The summed E-state index contributed by atoms with van der Waals surface area (Å²) in [5.74, 6) is -0.328. The van der Waals surface area contributed by atoms with E-state index in [0.717, 1.165) is 12.0 Å². The lowest BCUT2D eigenvalue weighted by Crippen LogP contribution is -2.36. The SMILES string of the molecule is CCCCOC(=O)[C@H](C)NP(=O)(OC[C@@H]1OC[C@H](n2cc(C)c(=O)[nH]c2=O)O1)Oc1ccc(C)cc1. The highest BCUT2D eigenvalue weighted by atomic mass is 31.2. The Morgan fingerprint density at radius 2 is 2.00 bits per heavy atom. The number of hydrogen-bond acceptors (Lipinski definition) is 9. The van der Waals surface area contributed by atoms with Crippen LogP contribution in [-0.2, 0) is 28.1 Å². The van der Waals surface area contributed by atoms with Crippen molar-refractivity contribution < 1.29 is 32.6 Å². The fraction of sp³-hybridized carbons (Fsp3) is 0.522. The standard InChI is InChI=1S/C23H32N3O9P/c1-5-6-11-31-22(28)17(4)25-36(30,35-18-9-7-15(2)8-10-18)33-14-20-32-13-19(34-20)26-12-16(3)21(27)24-23(26)29/h7-10,12,17,19-20H,5-6,11,13-14H2,1-4H3,(H,25,30)(H,24,27,29)/t17-,19+,20+,36?/m0/s1. The van der Waals surface area contributed by atoms with E-state index in [1.54, 1.807) is 31.2 Å². The fourth-order valence-electron chi connectivity index (χ4n) is 3.20. The molecule has 4 atom stereocenters. The molecule has 0 aliphatic carbocycles. The molecule has 3 rings (SSSR count). The number of aromatic amines is 1. The Balaban J connectivity index is 1.68. The van der Waals surface area contributed by atoms with Crippen LogP contribution in [0.25, 0.3) is 0 Å². The molecule has 1 fully saturated rings. The van der Waals surface area contributed by atoms with Gasteiger partial charge in [-0.25, -0.2) is 9.36 Å². The van der Waals surface area contributed by atoms with Crippen LogP contribution in [0.4, 0.5) is 0 Å². The molecule has 0 bridgehead atoms. The van der Waals surface area contributed by atoms with E-state index in [1.807, 2.05) is 13.8 Å². The maximum atomic E-state index is 13.6. The Bertz CT molecular complexity index is 1190. The van der Waals surface area contributed by atoms with Gasteiger partial charge in [-0.2, -0.15) is 5.09 Å². The van der Waals surface area contributed by atoms with Gasteiger partial charge in [0, 0.05) is 11.8 Å². The molecule has 1 saturated heterocycles. The molecule has 0 saturated carbocycles. The molecule has 198 valence electrons. The molecule has 0 amide bonds. The van der Waals surface area contributed by atoms with Crippen molar-refractivity contribution in [3.8, 4) is 5.75 Å². The molecule has 2 heterocycles. The average molecular weight is 525 g/mol. The van der Waals surface area contributed by atoms with E-state index < -0.39 is 43.5 Å². The average Bonchev–Trinajstić information content (AvgIpc) is 3.30. The summed E-state index contributed by atoms with van der Waals surface area (Å²) in [5.41, 5.74) is 0.173. The molecular weight excluding hydrogens is 493 g/mol. The molecule has 12 nitrogen and oxygen atoms in total. The second kappa shape index (κ2) is 12.5. The third kappa shape index (κ3) is 7.62. The predicted molar refractivity (Wildman–Crippen MR) is 130 cm³/mol. The number of esters is 1. The number of aryl methyl sites for hydroxylation is 2. The number of aromatic nitrogens is 2. The summed E-state index contributed by atoms with van der Waals surface area (Å²) in [5, 5.41) is 2.60. The molecular formula is C23H32N3O9P. The number of benzene rings is 1. The molecule has 0 radical (unpaired) electrons. The smallest absolute Gasteiger partial charge is 0.459 e. The minimum atomic E-state index is -4.10. The third-order valence-corrected chi connectivity index (χ3v) is 6.91. The van der Waals surface area contributed by atoms with Crippen LogP contribution < -0.4 is 20.9 Å². The Morgan fingerprint density at radius 3 is 2.69 bits per heavy atom. The van der Waals surface area contributed by atoms with Crippen molar-refractivity contribution in [2.75, 3.05) is 19.8 Å². The maximum absolute atomic E-state index is 13.6. The molecule has 36 heavy (non-hydrogen) atoms. The second-order valence-electron chi connectivity index (χ2n) is 8.40. The summed E-state index contributed by atoms with van der Waals surface area (Å²) >= 11 is 0. The van der Waals surface area contributed by atoms with Crippen LogP contribution in [0.5, 0.6) is 5.75 Å². The van der Waals surface area contributed by atoms with E-state index in [1.165, 1.54) is 17.7 Å². The van der Waals surface area contributed by atoms with Gasteiger partial charge in [0.15, 0.2) is 12.5 Å². The normalized spacial score (nSPS) is 20.0. The molecule has 1 aliphatic heterocycles. The molecule has 1 aromatic heterocycles. The molecule has 13 heteroatoms. The van der Waals surface area contributed by atoms with E-state index in [9.17, 15) is 18.9 Å². The lowest BCUT2D eigenvalue weighted by atomic mass is 10.2. The van der Waals surface area contributed by atoms with Gasteiger partial charge in [-0.05, 0) is 39.3 Å². The van der Waals surface area contributed by atoms with Crippen molar-refractivity contribution in [1.82, 2.24) is 14.6 Å². The van der Waals surface area contributed by atoms with Crippen molar-refractivity contribution in [2.24, 2.45) is 0 Å². The van der Waals surface area contributed by atoms with E-state index in [4.69, 9.17) is 23.3 Å². The zero-order valence-electron chi connectivity index (χ0n) is 20.7. The minimum absolute atomic E-state index is 0.00385. The van der Waals surface area contributed by atoms with E-state index in [0.29, 0.717) is 12.0 Å². The summed E-state index contributed by atoms with van der Waals surface area (Å²) < 4.78 is 42.4. The fourth-order valence-corrected chi connectivity index (χ4v) is 4.67. The predicted octanol–water partition coefficient (Wildman–Crippen LogP) is 2.55. The zero-order chi connectivity index (χ0) is 26.3. The summed E-state index contributed by atoms with van der Waals surface area (Å²) in [6.07, 6.45) is 1.14. The highest BCUT2D eigenvalue weighted by Gasteiger charge is 2.36. The number of carbonyl (C=O) groups is 1. The number of H-pyrrole nitrogens is 1. The number of unbranched alkanes of at least 4 members (excludes halogenated alkanes) is 1. The Hall–Kier alpha value is -2.76. The third-order valence-electron chi connectivity index (χ3n) is 5.26. The monoisotopic (exact) mass is 525 g/mol. The molecule has 2 N–H and O–H groups in total. The van der Waals surface area contributed by atoms with Gasteiger partial charge in [-0.1, -0.05) is 31.0 Å². The summed E-state index contributed by atoms with van der Waals surface area (Å²) in [7, 11) is -4.10. The highest BCUT2D eigenvalue weighted by molar-refractivity contribution is 7.52. The van der Waals surface area contributed by atoms with Crippen molar-refractivity contribution in [3.05, 3.63) is 62.4 Å². The van der Waals surface area contributed by atoms with Gasteiger partial charge < -0.3 is 18.7 Å². The molecule has 0 spiro atoms. The van der Waals surface area contributed by atoms with Gasteiger partial charge in [0.2, 0.25) is 0 Å². The van der Waals surface area contributed by atoms with Gasteiger partial charge in [0.05, 0.1) is 13.2 Å². The number of rotatable bonds is 12. The van der Waals surface area contributed by atoms with Gasteiger partial charge >= 0.3 is 19.4 Å². The van der Waals surface area contributed by atoms with Crippen molar-refractivity contribution >= 4 is 13.7 Å². The van der Waals surface area contributed by atoms with Crippen molar-refractivity contribution in [3.63, 3.8) is 0 Å². The van der Waals surface area contributed by atoms with Crippen LogP contribution in [0, 0.1) is 13.8 Å². The van der Waals surface area contributed by atoms with Crippen LogP contribution in [0.3, 0.4) is 0 Å². The summed E-state index contributed by atoms with van der Waals surface area (Å²) in [4.78, 5) is 38.3. The highest BCUT2D eigenvalue weighted by Crippen LogP contribution is 2.45. The maximum Gasteiger partial charge on any atom is 0.459 e. The Morgan fingerprint density at radius 1 is 1.28 bits per heavy atom. The molecule has 1 aliphatic rings. The van der Waals surface area contributed by atoms with Crippen LogP contribution in [0.15, 0.2) is 40.1 Å². The summed E-state index contributed by atoms with van der Waals surface area (Å²) in [6, 6.07) is 5.82. The van der Waals surface area contributed by atoms with Gasteiger partial charge in [-0.3, -0.25) is 23.7 Å². The number of nitrogens with zero attached hydrogens (tertiary/aromatic N) is 1. The van der Waals surface area contributed by atoms with Gasteiger partial charge in [0.1, 0.15) is 18.4 Å². The van der Waals surface area contributed by atoms with Crippen molar-refractivity contribution in [2.45, 2.75) is 59.1 Å². The number of ether oxygens (including phenoxy) is 3. The first kappa shape index (κ1) is 27.8. The van der Waals surface area contributed by atoms with Crippen LogP contribution >= 0.6 is 7.75 Å². The lowest BCUT2D eigenvalue weighted by molar-refractivity contribution is -0.145. The van der Waals surface area contributed by atoms with Gasteiger partial charge in [-0.15, -0.1) is 0 Å². The first-order valence-corrected chi connectivity index (χ1v) is 13.2. The van der Waals surface area contributed by atoms with Crippen LogP contribution in [-0.4, -0.2) is 47.7 Å². The number of nitrogens with one attached hydrogen (secondary N) is 2. The Labute approximate surface area is 208 Å². The Kier molecular flexibility index (Phi) is 9.63. The quantitative estimate of drug-likeness (QED) is 0.241. The molecule has 1 unspecified atom stereocenters. The minimum Gasteiger partial charge on any atom is -0.465 e. The molecule has 2 aromatic rings. The summed E-state index contributed by atoms with van der Waals surface area (Å²) in [6.45, 7) is 6.83. The van der Waals surface area contributed by atoms with E-state index in [-0.39, 0.29) is 25.6 Å². The number of hydrogen-bond donors (Lipinski definition) is 2. The zero-order valence-corrected chi connectivity index (χ0v) is 21.6. The van der Waals surface area contributed by atoms with Crippen LogP contribution in [0.2, 0.25) is 0 Å². The number of carbonyl (C=O) groups excluding carboxylic acids is 1. The largest absolute Gasteiger partial charge is 0.465 e. The van der Waals surface area contributed by atoms with E-state index >= 15 is 0 Å². The van der Waals surface area contributed by atoms with Crippen LogP contribution in [0.1, 0.15) is 44.0 Å². The molecule has 1 aromatic carbocycles.